The lowest BCUT2D eigenvalue weighted by Crippen LogP contribution is -2.51. The van der Waals surface area contributed by atoms with Gasteiger partial charge in [-0.25, -0.2) is 4.79 Å². The predicted molar refractivity (Wildman–Crippen MR) is 107 cm³/mol. The quantitative estimate of drug-likeness (QED) is 0.715. The van der Waals surface area contributed by atoms with Crippen molar-refractivity contribution in [3.05, 3.63) is 11.6 Å². The van der Waals surface area contributed by atoms with Crippen LogP contribution < -0.4 is 0 Å². The van der Waals surface area contributed by atoms with Crippen LogP contribution in [0.25, 0.3) is 0 Å². The lowest BCUT2D eigenvalue weighted by Gasteiger charge is -2.58. The van der Waals surface area contributed by atoms with Gasteiger partial charge in [0.05, 0.1) is 5.71 Å². The summed E-state index contributed by atoms with van der Waals surface area (Å²) in [5.74, 6) is 1.77. The van der Waals surface area contributed by atoms with Gasteiger partial charge in [-0.2, -0.15) is 0 Å². The maximum atomic E-state index is 12.3. The van der Waals surface area contributed by atoms with Crippen LogP contribution in [0.15, 0.2) is 16.8 Å². The van der Waals surface area contributed by atoms with E-state index in [1.54, 1.807) is 6.92 Å². The van der Waals surface area contributed by atoms with Crippen molar-refractivity contribution in [1.82, 2.24) is 0 Å². The van der Waals surface area contributed by atoms with E-state index in [2.05, 4.69) is 25.1 Å². The van der Waals surface area contributed by atoms with Crippen LogP contribution in [0.4, 0.5) is 0 Å². The number of carbonyl (C=O) groups is 2. The molecule has 0 aromatic carbocycles. The van der Waals surface area contributed by atoms with E-state index in [1.807, 2.05) is 0 Å². The molecule has 0 amide bonds. The third kappa shape index (κ3) is 3.02. The number of carboxylic acids is 1. The molecule has 4 aliphatic carbocycles. The first-order valence-corrected chi connectivity index (χ1v) is 10.9. The molecule has 3 fully saturated rings. The van der Waals surface area contributed by atoms with E-state index in [1.165, 1.54) is 31.3 Å². The highest BCUT2D eigenvalue weighted by molar-refractivity contribution is 5.96. The van der Waals surface area contributed by atoms with Gasteiger partial charge >= 0.3 is 5.97 Å². The third-order valence-electron chi connectivity index (χ3n) is 8.84. The van der Waals surface area contributed by atoms with Crippen LogP contribution in [-0.4, -0.2) is 29.2 Å². The van der Waals surface area contributed by atoms with Crippen molar-refractivity contribution in [2.75, 3.05) is 6.61 Å². The van der Waals surface area contributed by atoms with Gasteiger partial charge in [0.1, 0.15) is 5.78 Å². The summed E-state index contributed by atoms with van der Waals surface area (Å²) in [5.41, 5.74) is 2.77. The van der Waals surface area contributed by atoms with Gasteiger partial charge in [0.15, 0.2) is 0 Å². The Morgan fingerprint density at radius 2 is 1.93 bits per heavy atom. The second-order valence-corrected chi connectivity index (χ2v) is 10.0. The summed E-state index contributed by atoms with van der Waals surface area (Å²) >= 11 is 0. The molecule has 3 saturated carbocycles. The molecule has 0 radical (unpaired) electrons. The van der Waals surface area contributed by atoms with Crippen molar-refractivity contribution in [2.45, 2.75) is 72.1 Å². The first-order chi connectivity index (χ1) is 13.3. The maximum absolute atomic E-state index is 12.3. The van der Waals surface area contributed by atoms with E-state index in [0.29, 0.717) is 17.6 Å². The molecule has 4 aliphatic rings. The molecule has 4 rings (SSSR count). The number of nitrogens with zero attached hydrogens (tertiary/aromatic N) is 1. The van der Waals surface area contributed by atoms with Crippen LogP contribution in [0, 0.1) is 34.5 Å². The minimum Gasteiger partial charge on any atom is -0.479 e. The molecule has 6 atom stereocenters. The minimum atomic E-state index is -0.996. The molecular formula is C23H33NO4. The number of rotatable bonds is 4. The molecule has 1 N–H and O–H groups in total. The van der Waals surface area contributed by atoms with E-state index in [0.717, 1.165) is 37.3 Å². The zero-order valence-corrected chi connectivity index (χ0v) is 17.4. The largest absolute Gasteiger partial charge is 0.479 e. The second kappa shape index (κ2) is 7.00. The summed E-state index contributed by atoms with van der Waals surface area (Å²) < 4.78 is 0. The smallest absolute Gasteiger partial charge is 0.344 e. The second-order valence-electron chi connectivity index (χ2n) is 10.0. The Kier molecular flexibility index (Phi) is 4.91. The van der Waals surface area contributed by atoms with E-state index >= 15 is 0 Å². The molecule has 0 spiro atoms. The molecule has 0 aliphatic heterocycles. The number of ketones is 1. The Hall–Kier alpha value is -1.65. The number of aliphatic carboxylic acids is 1. The Bertz CT molecular complexity index is 741. The van der Waals surface area contributed by atoms with Crippen LogP contribution >= 0.6 is 0 Å². The van der Waals surface area contributed by atoms with Gasteiger partial charge in [0.2, 0.25) is 6.61 Å². The third-order valence-corrected chi connectivity index (χ3v) is 8.84. The van der Waals surface area contributed by atoms with E-state index in [-0.39, 0.29) is 23.4 Å². The highest BCUT2D eigenvalue weighted by Crippen LogP contribution is 2.66. The maximum Gasteiger partial charge on any atom is 0.344 e. The van der Waals surface area contributed by atoms with Crippen LogP contribution in [0.5, 0.6) is 0 Å². The lowest BCUT2D eigenvalue weighted by atomic mass is 9.46. The number of oxime groups is 1. The van der Waals surface area contributed by atoms with E-state index < -0.39 is 5.97 Å². The fourth-order valence-electron chi connectivity index (χ4n) is 7.48. The van der Waals surface area contributed by atoms with Crippen molar-refractivity contribution in [3.63, 3.8) is 0 Å². The SMILES string of the molecule is CC(=O)[C@H]1CC[C@H]2[C@H]3CCC4=CC(=NOCC(=O)O)CC[C@]4(C)[C@@H]3CC[C@]12C. The van der Waals surface area contributed by atoms with Gasteiger partial charge in [0, 0.05) is 5.92 Å². The molecule has 154 valence electrons. The van der Waals surface area contributed by atoms with E-state index in [9.17, 15) is 9.59 Å². The van der Waals surface area contributed by atoms with Gasteiger partial charge in [-0.1, -0.05) is 24.6 Å². The van der Waals surface area contributed by atoms with Crippen molar-refractivity contribution < 1.29 is 19.5 Å². The molecule has 5 heteroatoms. The average molecular weight is 388 g/mol. The van der Waals surface area contributed by atoms with Gasteiger partial charge in [-0.05, 0) is 93.0 Å². The Morgan fingerprint density at radius 3 is 2.64 bits per heavy atom. The molecule has 5 nitrogen and oxygen atoms in total. The van der Waals surface area contributed by atoms with Crippen molar-refractivity contribution in [3.8, 4) is 0 Å². The standard InChI is InChI=1S/C23H33NO4/c1-14(25)18-6-7-19-17-5-4-15-12-16(24-28-13-21(26)27)8-10-22(15,2)20(17)9-11-23(18,19)3/h12,17-20H,4-11,13H2,1-3H3,(H,26,27)/t17-,18-,19+,20-,22+,23-/m1/s1. The molecule has 0 aromatic heterocycles. The highest BCUT2D eigenvalue weighted by atomic mass is 16.6. The molecule has 0 bridgehead atoms. The Morgan fingerprint density at radius 1 is 1.14 bits per heavy atom. The number of hydrogen-bond donors (Lipinski definition) is 1. The number of hydrogen-bond acceptors (Lipinski definition) is 4. The first-order valence-electron chi connectivity index (χ1n) is 10.9. The van der Waals surface area contributed by atoms with E-state index in [4.69, 9.17) is 9.94 Å². The molecule has 28 heavy (non-hydrogen) atoms. The van der Waals surface area contributed by atoms with Crippen molar-refractivity contribution in [1.29, 1.82) is 0 Å². The number of allylic oxidation sites excluding steroid dienone is 2. The number of Topliss-reactive ketones (excluding diaryl/α,β-unsaturated/α-hetero) is 1. The van der Waals surface area contributed by atoms with Crippen LogP contribution in [0.1, 0.15) is 72.1 Å². The summed E-state index contributed by atoms with van der Waals surface area (Å²) in [6.07, 6.45) is 11.1. The summed E-state index contributed by atoms with van der Waals surface area (Å²) in [5, 5.41) is 12.8. The van der Waals surface area contributed by atoms with Crippen molar-refractivity contribution >= 4 is 17.5 Å². The van der Waals surface area contributed by atoms with Gasteiger partial charge in [-0.3, -0.25) is 4.79 Å². The zero-order chi connectivity index (χ0) is 20.1. The number of carboxylic acid groups (broad SMARTS) is 1. The summed E-state index contributed by atoms with van der Waals surface area (Å²) in [6.45, 7) is 6.24. The highest BCUT2D eigenvalue weighted by Gasteiger charge is 2.59. The van der Waals surface area contributed by atoms with Crippen LogP contribution in [0.2, 0.25) is 0 Å². The van der Waals surface area contributed by atoms with Gasteiger partial charge in [-0.15, -0.1) is 0 Å². The lowest BCUT2D eigenvalue weighted by molar-refractivity contribution is -0.142. The molecule has 0 saturated heterocycles. The van der Waals surface area contributed by atoms with Gasteiger partial charge < -0.3 is 9.94 Å². The monoisotopic (exact) mass is 387 g/mol. The molecule has 0 heterocycles. The fraction of sp³-hybridized carbons (Fsp3) is 0.783. The number of carbonyl (C=O) groups excluding carboxylic acids is 1. The van der Waals surface area contributed by atoms with Gasteiger partial charge in [0.25, 0.3) is 0 Å². The molecular weight excluding hydrogens is 354 g/mol. The number of fused-ring (bicyclic) bond motifs is 5. The van der Waals surface area contributed by atoms with Crippen LogP contribution in [-0.2, 0) is 14.4 Å². The summed E-state index contributed by atoms with van der Waals surface area (Å²) in [4.78, 5) is 27.8. The fourth-order valence-corrected chi connectivity index (χ4v) is 7.48. The molecule has 0 aromatic rings. The summed E-state index contributed by atoms with van der Waals surface area (Å²) in [6, 6.07) is 0. The van der Waals surface area contributed by atoms with Crippen molar-refractivity contribution in [2.24, 2.45) is 39.7 Å². The normalized spacial score (nSPS) is 43.5. The average Bonchev–Trinajstić information content (AvgIpc) is 2.99. The first kappa shape index (κ1) is 19.7. The Balaban J connectivity index is 1.55. The zero-order valence-electron chi connectivity index (χ0n) is 17.4. The molecule has 0 unspecified atom stereocenters. The predicted octanol–water partition coefficient (Wildman–Crippen LogP) is 4.61. The minimum absolute atomic E-state index is 0.205. The topological polar surface area (TPSA) is 76.0 Å². The van der Waals surface area contributed by atoms with Crippen LogP contribution in [0.3, 0.4) is 0 Å². The Labute approximate surface area is 167 Å². The summed E-state index contributed by atoms with van der Waals surface area (Å²) in [7, 11) is 0.